The summed E-state index contributed by atoms with van der Waals surface area (Å²) in [4.78, 5) is 23.8. The van der Waals surface area contributed by atoms with Gasteiger partial charge < -0.3 is 25.2 Å². The lowest BCUT2D eigenvalue weighted by atomic mass is 9.90. The number of Topliss-reactive ketones (excluding diaryl/α,β-unsaturated/α-hetero) is 1. The first-order valence-electron chi connectivity index (χ1n) is 11.1. The zero-order valence-electron chi connectivity index (χ0n) is 18.0. The van der Waals surface area contributed by atoms with Crippen LogP contribution in [0.3, 0.4) is 0 Å². The number of esters is 1. The Hall–Kier alpha value is -1.54. The minimum absolute atomic E-state index is 0.0323. The molecule has 0 aromatic carbocycles. The van der Waals surface area contributed by atoms with Crippen LogP contribution in [0, 0.1) is 11.8 Å². The highest BCUT2D eigenvalue weighted by Crippen LogP contribution is 2.33. The lowest BCUT2D eigenvalue weighted by molar-refractivity contribution is -0.153. The number of unbranched alkanes of at least 4 members (excludes halogenated alkanes) is 3. The molecule has 0 bridgehead atoms. The van der Waals surface area contributed by atoms with E-state index in [0.717, 1.165) is 19.3 Å². The van der Waals surface area contributed by atoms with Crippen LogP contribution in [0.2, 0.25) is 0 Å². The number of ketones is 1. The van der Waals surface area contributed by atoms with Crippen molar-refractivity contribution >= 4 is 11.8 Å². The monoisotopic (exact) mass is 426 g/mol. The van der Waals surface area contributed by atoms with E-state index in [1.54, 1.807) is 12.2 Å². The van der Waals surface area contributed by atoms with Crippen molar-refractivity contribution in [1.82, 2.24) is 0 Å². The Morgan fingerprint density at radius 1 is 1.20 bits per heavy atom. The maximum atomic E-state index is 12.2. The summed E-state index contributed by atoms with van der Waals surface area (Å²) < 4.78 is 4.89. The van der Waals surface area contributed by atoms with Crippen molar-refractivity contribution < 1.29 is 34.8 Å². The number of hydrogen-bond donors (Lipinski definition) is 4. The quantitative estimate of drug-likeness (QED) is 0.179. The van der Waals surface area contributed by atoms with Gasteiger partial charge in [-0.1, -0.05) is 50.5 Å². The van der Waals surface area contributed by atoms with Gasteiger partial charge in [0.2, 0.25) is 0 Å². The van der Waals surface area contributed by atoms with Gasteiger partial charge in [-0.05, 0) is 25.7 Å². The molecule has 0 aromatic rings. The van der Waals surface area contributed by atoms with Gasteiger partial charge in [0.25, 0.3) is 0 Å². The lowest BCUT2D eigenvalue weighted by Gasteiger charge is -2.16. The van der Waals surface area contributed by atoms with E-state index in [9.17, 15) is 19.8 Å². The van der Waals surface area contributed by atoms with Crippen molar-refractivity contribution in [3.05, 3.63) is 24.3 Å². The molecule has 0 aromatic heterocycles. The number of hydrogen-bond acceptors (Lipinski definition) is 7. The summed E-state index contributed by atoms with van der Waals surface area (Å²) in [7, 11) is 0. The van der Waals surface area contributed by atoms with Gasteiger partial charge in [-0.2, -0.15) is 0 Å². The van der Waals surface area contributed by atoms with Crippen LogP contribution in [0.15, 0.2) is 24.3 Å². The van der Waals surface area contributed by atoms with Crippen LogP contribution in [0.4, 0.5) is 0 Å². The molecule has 0 spiro atoms. The van der Waals surface area contributed by atoms with Gasteiger partial charge in [-0.15, -0.1) is 0 Å². The number of carbonyl (C=O) groups excluding carboxylic acids is 2. The molecule has 172 valence electrons. The highest BCUT2D eigenvalue weighted by atomic mass is 16.6. The molecule has 0 radical (unpaired) electrons. The number of rotatable bonds is 15. The molecule has 1 fully saturated rings. The van der Waals surface area contributed by atoms with Crippen LogP contribution in [-0.4, -0.2) is 63.7 Å². The van der Waals surface area contributed by atoms with E-state index in [1.807, 2.05) is 12.2 Å². The van der Waals surface area contributed by atoms with Crippen LogP contribution < -0.4 is 0 Å². The SMILES string of the molecule is CCCCC[C@H](O)/C=C/[C@H]1[C@H](O)CC(=O)[C@@H]1C/C=C\CCCC(=O)OC(CO)CO. The number of ether oxygens (including phenoxy) is 1. The Balaban J connectivity index is 2.40. The van der Waals surface area contributed by atoms with Crippen LogP contribution >= 0.6 is 0 Å². The molecule has 1 saturated carbocycles. The third-order valence-electron chi connectivity index (χ3n) is 5.41. The van der Waals surface area contributed by atoms with Gasteiger partial charge in [-0.25, -0.2) is 0 Å². The number of allylic oxidation sites excluding steroid dienone is 2. The molecule has 30 heavy (non-hydrogen) atoms. The molecular formula is C23H38O7. The van der Waals surface area contributed by atoms with Crippen molar-refractivity contribution in [1.29, 1.82) is 0 Å². The van der Waals surface area contributed by atoms with E-state index in [1.165, 1.54) is 0 Å². The van der Waals surface area contributed by atoms with Crippen LogP contribution in [0.1, 0.15) is 64.7 Å². The summed E-state index contributed by atoms with van der Waals surface area (Å²) in [6.45, 7) is 1.29. The van der Waals surface area contributed by atoms with Gasteiger partial charge in [0.15, 0.2) is 0 Å². The minimum atomic E-state index is -0.872. The fraction of sp³-hybridized carbons (Fsp3) is 0.739. The van der Waals surface area contributed by atoms with Crippen LogP contribution in [0.25, 0.3) is 0 Å². The molecule has 4 atom stereocenters. The van der Waals surface area contributed by atoms with E-state index in [2.05, 4.69) is 6.92 Å². The predicted octanol–water partition coefficient (Wildman–Crippen LogP) is 2.06. The van der Waals surface area contributed by atoms with Gasteiger partial charge in [-0.3, -0.25) is 9.59 Å². The number of aliphatic hydroxyl groups is 4. The van der Waals surface area contributed by atoms with E-state index in [4.69, 9.17) is 14.9 Å². The maximum Gasteiger partial charge on any atom is 0.306 e. The third kappa shape index (κ3) is 9.98. The molecule has 1 rings (SSSR count). The van der Waals surface area contributed by atoms with Crippen molar-refractivity contribution in [2.75, 3.05) is 13.2 Å². The summed E-state index contributed by atoms with van der Waals surface area (Å²) in [6.07, 6.45) is 11.0. The Labute approximate surface area is 179 Å². The molecule has 7 heteroatoms. The predicted molar refractivity (Wildman–Crippen MR) is 114 cm³/mol. The van der Waals surface area contributed by atoms with Crippen molar-refractivity contribution in [3.63, 3.8) is 0 Å². The second-order valence-corrected chi connectivity index (χ2v) is 7.95. The summed E-state index contributed by atoms with van der Waals surface area (Å²) in [5.74, 6) is -1.01. The Morgan fingerprint density at radius 2 is 1.93 bits per heavy atom. The van der Waals surface area contributed by atoms with E-state index in [-0.39, 0.29) is 30.5 Å². The molecular weight excluding hydrogens is 388 g/mol. The highest BCUT2D eigenvalue weighted by Gasteiger charge is 2.39. The maximum absolute atomic E-state index is 12.2. The Bertz CT molecular complexity index is 554. The van der Waals surface area contributed by atoms with Gasteiger partial charge in [0.1, 0.15) is 11.9 Å². The van der Waals surface area contributed by atoms with Gasteiger partial charge in [0, 0.05) is 24.7 Å². The first-order chi connectivity index (χ1) is 14.4. The zero-order chi connectivity index (χ0) is 22.4. The normalized spacial score (nSPS) is 23.1. The van der Waals surface area contributed by atoms with Crippen LogP contribution in [-0.2, 0) is 14.3 Å². The van der Waals surface area contributed by atoms with E-state index >= 15 is 0 Å². The van der Waals surface area contributed by atoms with E-state index in [0.29, 0.717) is 25.7 Å². The molecule has 0 aliphatic heterocycles. The molecule has 1 aliphatic rings. The summed E-state index contributed by atoms with van der Waals surface area (Å²) in [5, 5.41) is 38.0. The summed E-state index contributed by atoms with van der Waals surface area (Å²) in [6, 6.07) is 0. The molecule has 0 unspecified atom stereocenters. The lowest BCUT2D eigenvalue weighted by Crippen LogP contribution is -2.25. The average Bonchev–Trinajstić information content (AvgIpc) is 2.99. The second-order valence-electron chi connectivity index (χ2n) is 7.95. The Kier molecular flexibility index (Phi) is 13.5. The van der Waals surface area contributed by atoms with E-state index < -0.39 is 37.5 Å². The molecule has 0 heterocycles. The topological polar surface area (TPSA) is 124 Å². The number of aliphatic hydroxyl groups excluding tert-OH is 4. The summed E-state index contributed by atoms with van der Waals surface area (Å²) >= 11 is 0. The Morgan fingerprint density at radius 3 is 2.60 bits per heavy atom. The first-order valence-corrected chi connectivity index (χ1v) is 11.1. The standard InChI is InChI=1S/C23H38O7/c1-2-3-6-9-17(26)12-13-20-19(21(27)14-22(20)28)10-7-4-5-8-11-23(29)30-18(15-24)16-25/h4,7,12-13,17-20,22,24-26,28H,2-3,5-6,8-11,14-16H2,1H3/b7-4-,13-12+/t17-,19+,20+,22+/m0/s1. The molecule has 4 N–H and O–H groups in total. The minimum Gasteiger partial charge on any atom is -0.457 e. The van der Waals surface area contributed by atoms with Gasteiger partial charge in [0.05, 0.1) is 25.4 Å². The largest absolute Gasteiger partial charge is 0.457 e. The fourth-order valence-corrected chi connectivity index (χ4v) is 3.59. The fourth-order valence-electron chi connectivity index (χ4n) is 3.59. The van der Waals surface area contributed by atoms with Crippen molar-refractivity contribution in [2.24, 2.45) is 11.8 Å². The third-order valence-corrected chi connectivity index (χ3v) is 5.41. The highest BCUT2D eigenvalue weighted by molar-refractivity contribution is 5.84. The molecule has 0 amide bonds. The number of carbonyl (C=O) groups is 2. The zero-order valence-corrected chi connectivity index (χ0v) is 18.0. The van der Waals surface area contributed by atoms with Crippen molar-refractivity contribution in [3.8, 4) is 0 Å². The van der Waals surface area contributed by atoms with Crippen molar-refractivity contribution in [2.45, 2.75) is 83.0 Å². The average molecular weight is 427 g/mol. The first kappa shape index (κ1) is 26.5. The smallest absolute Gasteiger partial charge is 0.306 e. The molecule has 7 nitrogen and oxygen atoms in total. The van der Waals surface area contributed by atoms with Gasteiger partial charge >= 0.3 is 5.97 Å². The molecule has 1 aliphatic carbocycles. The summed E-state index contributed by atoms with van der Waals surface area (Å²) in [5.41, 5.74) is 0. The molecule has 0 saturated heterocycles. The van der Waals surface area contributed by atoms with Crippen LogP contribution in [0.5, 0.6) is 0 Å². The second kappa shape index (κ2) is 15.3.